The molecule has 0 bridgehead atoms. The lowest BCUT2D eigenvalue weighted by Gasteiger charge is -2.20. The molecular weight excluding hydrogens is 479 g/mol. The molecule has 3 atom stereocenters. The molecule has 2 aromatic heterocycles. The van der Waals surface area contributed by atoms with Gasteiger partial charge in [0.2, 0.25) is 0 Å². The number of amides is 1. The van der Waals surface area contributed by atoms with Gasteiger partial charge in [-0.1, -0.05) is 18.2 Å². The molecule has 0 aliphatic heterocycles. The number of aliphatic hydroxyl groups is 1. The van der Waals surface area contributed by atoms with Crippen LogP contribution < -0.4 is 10.6 Å². The zero-order valence-electron chi connectivity index (χ0n) is 20.1. The van der Waals surface area contributed by atoms with Crippen molar-refractivity contribution in [3.05, 3.63) is 93.8 Å². The fourth-order valence-electron chi connectivity index (χ4n) is 4.80. The number of nitrogens with zero attached hydrogens (tertiary/aromatic N) is 4. The van der Waals surface area contributed by atoms with Gasteiger partial charge >= 0.3 is 5.97 Å². The van der Waals surface area contributed by atoms with E-state index in [2.05, 4.69) is 25.7 Å². The Kier molecular flexibility index (Phi) is 6.40. The van der Waals surface area contributed by atoms with Crippen LogP contribution in [0.1, 0.15) is 80.5 Å². The number of carbonyl (C=O) groups excluding carboxylic acids is 1. The van der Waals surface area contributed by atoms with Crippen molar-refractivity contribution >= 4 is 17.7 Å². The average molecular weight is 505 g/mol. The maximum Gasteiger partial charge on any atom is 0.335 e. The Hall–Kier alpha value is -4.22. The van der Waals surface area contributed by atoms with Crippen molar-refractivity contribution in [1.82, 2.24) is 30.2 Å². The first-order valence-electron chi connectivity index (χ1n) is 11.8. The molecule has 190 valence electrons. The van der Waals surface area contributed by atoms with Gasteiger partial charge in [-0.3, -0.25) is 10.1 Å². The van der Waals surface area contributed by atoms with Crippen LogP contribution in [-0.4, -0.2) is 41.7 Å². The van der Waals surface area contributed by atoms with Gasteiger partial charge in [-0.2, -0.15) is 14.6 Å². The van der Waals surface area contributed by atoms with Crippen LogP contribution in [0.3, 0.4) is 0 Å². The van der Waals surface area contributed by atoms with Gasteiger partial charge in [-0.05, 0) is 73.2 Å². The first kappa shape index (κ1) is 24.5. The third kappa shape index (κ3) is 4.66. The number of carboxylic acids is 1. The summed E-state index contributed by atoms with van der Waals surface area (Å²) in [6, 6.07) is 10.0. The number of fused-ring (bicyclic) bond motifs is 2. The summed E-state index contributed by atoms with van der Waals surface area (Å²) in [5, 5.41) is 30.3. The summed E-state index contributed by atoms with van der Waals surface area (Å²) in [6.07, 6.45) is 1.31. The van der Waals surface area contributed by atoms with E-state index < -0.39 is 18.1 Å². The second kappa shape index (κ2) is 9.68. The molecule has 0 fully saturated rings. The number of halogens is 1. The predicted octanol–water partition coefficient (Wildman–Crippen LogP) is 3.03. The first-order valence-corrected chi connectivity index (χ1v) is 11.8. The second-order valence-electron chi connectivity index (χ2n) is 9.06. The number of aromatic carboxylic acids is 1. The Morgan fingerprint density at radius 1 is 1.19 bits per heavy atom. The Labute approximate surface area is 211 Å². The lowest BCUT2D eigenvalue weighted by Crippen LogP contribution is -2.30. The summed E-state index contributed by atoms with van der Waals surface area (Å²) in [7, 11) is 0. The molecule has 1 aliphatic carbocycles. The first-order chi connectivity index (χ1) is 17.7. The van der Waals surface area contributed by atoms with Gasteiger partial charge in [0.15, 0.2) is 0 Å². The molecule has 1 amide bonds. The predicted molar refractivity (Wildman–Crippen MR) is 130 cm³/mol. The third-order valence-electron chi connectivity index (χ3n) is 6.79. The minimum Gasteiger partial charge on any atom is -0.478 e. The molecule has 0 saturated heterocycles. The molecular formula is C26H25FN6O4. The molecule has 0 spiro atoms. The van der Waals surface area contributed by atoms with Crippen LogP contribution in [0.2, 0.25) is 0 Å². The van der Waals surface area contributed by atoms with Gasteiger partial charge in [-0.15, -0.1) is 0 Å². The molecule has 1 unspecified atom stereocenters. The molecule has 4 aromatic rings. The fourth-order valence-corrected chi connectivity index (χ4v) is 4.80. The van der Waals surface area contributed by atoms with Gasteiger partial charge in [0, 0.05) is 6.04 Å². The molecule has 0 saturated carbocycles. The zero-order valence-corrected chi connectivity index (χ0v) is 20.1. The number of aromatic nitrogens is 4. The summed E-state index contributed by atoms with van der Waals surface area (Å²) in [6.45, 7) is 3.59. The number of hydrogen-bond donors (Lipinski definition) is 4. The largest absolute Gasteiger partial charge is 0.478 e. The normalized spacial score (nSPS) is 16.4. The molecule has 37 heavy (non-hydrogen) atoms. The summed E-state index contributed by atoms with van der Waals surface area (Å²) in [5.41, 5.74) is 3.86. The minimum atomic E-state index is -1.24. The van der Waals surface area contributed by atoms with Crippen LogP contribution in [0.4, 0.5) is 4.39 Å². The maximum atomic E-state index is 13.4. The van der Waals surface area contributed by atoms with Gasteiger partial charge < -0.3 is 15.5 Å². The number of rotatable bonds is 7. The van der Waals surface area contributed by atoms with Crippen molar-refractivity contribution in [2.24, 2.45) is 0 Å². The molecule has 5 rings (SSSR count). The van der Waals surface area contributed by atoms with Crippen LogP contribution >= 0.6 is 0 Å². The molecule has 10 nitrogen and oxygen atoms in total. The topological polar surface area (TPSA) is 142 Å². The minimum absolute atomic E-state index is 0.139. The molecule has 2 aromatic carbocycles. The van der Waals surface area contributed by atoms with E-state index in [1.54, 1.807) is 31.2 Å². The van der Waals surface area contributed by atoms with Gasteiger partial charge in [0.25, 0.3) is 11.7 Å². The lowest BCUT2D eigenvalue weighted by molar-refractivity contribution is 0.0695. The number of hydrogen-bond acceptors (Lipinski definition) is 7. The van der Waals surface area contributed by atoms with E-state index >= 15 is 0 Å². The molecule has 0 radical (unpaired) electrons. The van der Waals surface area contributed by atoms with E-state index in [1.165, 1.54) is 29.0 Å². The molecule has 2 heterocycles. The quantitative estimate of drug-likeness (QED) is 0.282. The fraction of sp³-hybridized carbons (Fsp3) is 0.269. The van der Waals surface area contributed by atoms with E-state index in [0.29, 0.717) is 18.4 Å². The van der Waals surface area contributed by atoms with Gasteiger partial charge in [-0.25, -0.2) is 14.2 Å². The smallest absolute Gasteiger partial charge is 0.335 e. The van der Waals surface area contributed by atoms with Crippen molar-refractivity contribution in [2.45, 2.75) is 45.0 Å². The van der Waals surface area contributed by atoms with Crippen LogP contribution in [0, 0.1) is 12.7 Å². The SMILES string of the molecule is Cc1c(C(=O)O)ccc2c1CC[C@@H]2NC(=O)c1cc(C(O)N[C@H](C)c2ccc(F)cc2)nc2ncnn12. The van der Waals surface area contributed by atoms with Crippen molar-refractivity contribution in [3.8, 4) is 0 Å². The Bertz CT molecular complexity index is 1500. The van der Waals surface area contributed by atoms with Gasteiger partial charge in [0.1, 0.15) is 24.1 Å². The molecule has 11 heteroatoms. The van der Waals surface area contributed by atoms with Crippen LogP contribution in [0.5, 0.6) is 0 Å². The van der Waals surface area contributed by atoms with Gasteiger partial charge in [0.05, 0.1) is 17.3 Å². The average Bonchev–Trinajstić information content (AvgIpc) is 3.51. The highest BCUT2D eigenvalue weighted by atomic mass is 19.1. The number of aliphatic hydroxyl groups excluding tert-OH is 1. The zero-order chi connectivity index (χ0) is 26.3. The van der Waals surface area contributed by atoms with Crippen molar-refractivity contribution < 1.29 is 24.2 Å². The van der Waals surface area contributed by atoms with E-state index in [9.17, 15) is 24.2 Å². The Balaban J connectivity index is 1.39. The van der Waals surface area contributed by atoms with E-state index in [4.69, 9.17) is 0 Å². The highest BCUT2D eigenvalue weighted by molar-refractivity contribution is 5.93. The van der Waals surface area contributed by atoms with E-state index in [1.807, 2.05) is 6.92 Å². The highest BCUT2D eigenvalue weighted by Crippen LogP contribution is 2.35. The Morgan fingerprint density at radius 3 is 2.68 bits per heavy atom. The lowest BCUT2D eigenvalue weighted by atomic mass is 9.98. The summed E-state index contributed by atoms with van der Waals surface area (Å²) >= 11 is 0. The summed E-state index contributed by atoms with van der Waals surface area (Å²) < 4.78 is 14.6. The highest BCUT2D eigenvalue weighted by Gasteiger charge is 2.29. The number of carboxylic acid groups (broad SMARTS) is 1. The van der Waals surface area contributed by atoms with Crippen molar-refractivity contribution in [2.75, 3.05) is 0 Å². The molecule has 1 aliphatic rings. The van der Waals surface area contributed by atoms with Crippen molar-refractivity contribution in [3.63, 3.8) is 0 Å². The van der Waals surface area contributed by atoms with E-state index in [0.717, 1.165) is 16.7 Å². The maximum absolute atomic E-state index is 13.4. The van der Waals surface area contributed by atoms with Crippen LogP contribution in [0.15, 0.2) is 48.8 Å². The second-order valence-corrected chi connectivity index (χ2v) is 9.06. The monoisotopic (exact) mass is 504 g/mol. The third-order valence-corrected chi connectivity index (χ3v) is 6.79. The van der Waals surface area contributed by atoms with Crippen molar-refractivity contribution in [1.29, 1.82) is 0 Å². The van der Waals surface area contributed by atoms with E-state index in [-0.39, 0.29) is 40.6 Å². The summed E-state index contributed by atoms with van der Waals surface area (Å²) in [5.74, 6) is -1.62. The number of benzene rings is 2. The number of carbonyl (C=O) groups is 2. The van der Waals surface area contributed by atoms with Crippen LogP contribution in [0.25, 0.3) is 5.78 Å². The standard InChI is InChI=1S/C26H25FN6O4/c1-13-17-9-10-20(19(17)8-7-18(13)25(36)37)31-24(35)22-11-21(32-26-28-12-29-33(22)26)23(34)30-14(2)15-3-5-16(27)6-4-15/h3-8,11-12,14,20,23,30,34H,9-10H2,1-2H3,(H,31,35)(H,36,37)/t14-,20+,23?/m1/s1. The summed E-state index contributed by atoms with van der Waals surface area (Å²) in [4.78, 5) is 33.3. The molecule has 4 N–H and O–H groups in total. The van der Waals surface area contributed by atoms with Crippen LogP contribution in [-0.2, 0) is 6.42 Å². The Morgan fingerprint density at radius 2 is 1.95 bits per heavy atom. The number of nitrogens with one attached hydrogen (secondary N) is 2.